The number of allylic oxidation sites excluding steroid dienone is 3. The fraction of sp³-hybridized carbons (Fsp3) is 0.500. The quantitative estimate of drug-likeness (QED) is 0.366. The molecule has 0 saturated heterocycles. The number of esters is 1. The molecule has 0 fully saturated rings. The second-order valence-corrected chi connectivity index (χ2v) is 2.46. The third-order valence-corrected chi connectivity index (χ3v) is 1.46. The molecule has 0 aromatic rings. The Bertz CT molecular complexity index is 190. The maximum absolute atomic E-state index is 11.1. The van der Waals surface area contributed by atoms with E-state index >= 15 is 0 Å². The summed E-state index contributed by atoms with van der Waals surface area (Å²) >= 11 is 0. The standard InChI is InChI=1S/C10H16O2/c1-4-6-8-9(7-5-2)10(11)12-3/h4,6,8H,5,7H2,1-3H3. The van der Waals surface area contributed by atoms with Crippen molar-refractivity contribution in [3.8, 4) is 0 Å². The summed E-state index contributed by atoms with van der Waals surface area (Å²) in [6, 6.07) is 0. The van der Waals surface area contributed by atoms with Gasteiger partial charge in [0.05, 0.1) is 7.11 Å². The lowest BCUT2D eigenvalue weighted by molar-refractivity contribution is -0.136. The lowest BCUT2D eigenvalue weighted by atomic mass is 10.1. The zero-order valence-electron chi connectivity index (χ0n) is 7.96. The Kier molecular flexibility index (Phi) is 6.07. The van der Waals surface area contributed by atoms with Crippen LogP contribution in [0.15, 0.2) is 23.8 Å². The van der Waals surface area contributed by atoms with Gasteiger partial charge in [-0.3, -0.25) is 0 Å². The van der Waals surface area contributed by atoms with E-state index in [1.165, 1.54) is 7.11 Å². The molecular weight excluding hydrogens is 152 g/mol. The van der Waals surface area contributed by atoms with Crippen molar-refractivity contribution in [1.82, 2.24) is 0 Å². The SMILES string of the molecule is CC=CC=C(CCC)C(=O)OC. The second kappa shape index (κ2) is 6.65. The molecule has 2 heteroatoms. The Hall–Kier alpha value is -1.05. The minimum atomic E-state index is -0.227. The third-order valence-electron chi connectivity index (χ3n) is 1.46. The van der Waals surface area contributed by atoms with Crippen LogP contribution in [0.2, 0.25) is 0 Å². The van der Waals surface area contributed by atoms with E-state index < -0.39 is 0 Å². The zero-order valence-corrected chi connectivity index (χ0v) is 7.96. The molecule has 0 aliphatic rings. The molecule has 2 nitrogen and oxygen atoms in total. The lowest BCUT2D eigenvalue weighted by Gasteiger charge is -2.01. The van der Waals surface area contributed by atoms with Crippen molar-refractivity contribution in [2.45, 2.75) is 26.7 Å². The highest BCUT2D eigenvalue weighted by Gasteiger charge is 2.05. The van der Waals surface area contributed by atoms with Gasteiger partial charge in [-0.05, 0) is 13.3 Å². The summed E-state index contributed by atoms with van der Waals surface area (Å²) in [6.45, 7) is 3.95. The van der Waals surface area contributed by atoms with E-state index in [9.17, 15) is 4.79 Å². The van der Waals surface area contributed by atoms with Gasteiger partial charge >= 0.3 is 5.97 Å². The van der Waals surface area contributed by atoms with E-state index in [1.807, 2.05) is 26.0 Å². The van der Waals surface area contributed by atoms with Crippen LogP contribution in [-0.2, 0) is 9.53 Å². The van der Waals surface area contributed by atoms with Crippen molar-refractivity contribution in [3.63, 3.8) is 0 Å². The van der Waals surface area contributed by atoms with Crippen LogP contribution in [0.4, 0.5) is 0 Å². The first kappa shape index (κ1) is 11.0. The van der Waals surface area contributed by atoms with E-state index in [1.54, 1.807) is 6.08 Å². The van der Waals surface area contributed by atoms with Crippen LogP contribution in [0.25, 0.3) is 0 Å². The fourth-order valence-corrected chi connectivity index (χ4v) is 0.866. The minimum Gasteiger partial charge on any atom is -0.466 e. The van der Waals surface area contributed by atoms with Gasteiger partial charge < -0.3 is 4.74 Å². The van der Waals surface area contributed by atoms with Gasteiger partial charge in [-0.1, -0.05) is 31.6 Å². The van der Waals surface area contributed by atoms with Crippen LogP contribution in [0.5, 0.6) is 0 Å². The summed E-state index contributed by atoms with van der Waals surface area (Å²) in [6.07, 6.45) is 7.27. The van der Waals surface area contributed by atoms with Gasteiger partial charge in [-0.25, -0.2) is 4.79 Å². The van der Waals surface area contributed by atoms with E-state index in [4.69, 9.17) is 0 Å². The molecule has 0 amide bonds. The molecular formula is C10H16O2. The Labute approximate surface area is 73.9 Å². The monoisotopic (exact) mass is 168 g/mol. The van der Waals surface area contributed by atoms with Gasteiger partial charge in [0.25, 0.3) is 0 Å². The van der Waals surface area contributed by atoms with E-state index in [2.05, 4.69) is 4.74 Å². The van der Waals surface area contributed by atoms with E-state index in [0.717, 1.165) is 18.4 Å². The van der Waals surface area contributed by atoms with Crippen LogP contribution < -0.4 is 0 Å². The first-order valence-corrected chi connectivity index (χ1v) is 4.16. The third kappa shape index (κ3) is 3.96. The number of carbonyl (C=O) groups excluding carboxylic acids is 1. The minimum absolute atomic E-state index is 0.227. The molecule has 0 saturated carbocycles. The molecule has 68 valence electrons. The van der Waals surface area contributed by atoms with E-state index in [0.29, 0.717) is 0 Å². The average Bonchev–Trinajstić information content (AvgIpc) is 2.11. The first-order chi connectivity index (χ1) is 5.76. The summed E-state index contributed by atoms with van der Waals surface area (Å²) in [5, 5.41) is 0. The molecule has 12 heavy (non-hydrogen) atoms. The molecule has 0 bridgehead atoms. The average molecular weight is 168 g/mol. The van der Waals surface area contributed by atoms with Gasteiger partial charge in [0.2, 0.25) is 0 Å². The van der Waals surface area contributed by atoms with Gasteiger partial charge in [-0.15, -0.1) is 0 Å². The molecule has 0 heterocycles. The summed E-state index contributed by atoms with van der Waals surface area (Å²) in [5.41, 5.74) is 0.734. The van der Waals surface area contributed by atoms with Gasteiger partial charge in [0, 0.05) is 5.57 Å². The maximum Gasteiger partial charge on any atom is 0.333 e. The Morgan fingerprint density at radius 2 is 2.17 bits per heavy atom. The number of hydrogen-bond acceptors (Lipinski definition) is 2. The molecule has 0 aliphatic carbocycles. The largest absolute Gasteiger partial charge is 0.466 e. The highest BCUT2D eigenvalue weighted by molar-refractivity contribution is 5.88. The highest BCUT2D eigenvalue weighted by Crippen LogP contribution is 2.06. The summed E-state index contributed by atoms with van der Waals surface area (Å²) in [7, 11) is 1.40. The number of ether oxygens (including phenoxy) is 1. The lowest BCUT2D eigenvalue weighted by Crippen LogP contribution is -2.04. The van der Waals surface area contributed by atoms with Gasteiger partial charge in [0.15, 0.2) is 0 Å². The van der Waals surface area contributed by atoms with Crippen LogP contribution in [0, 0.1) is 0 Å². The molecule has 0 spiro atoms. The van der Waals surface area contributed by atoms with Crippen molar-refractivity contribution in [1.29, 1.82) is 0 Å². The zero-order chi connectivity index (χ0) is 9.40. The molecule has 0 rings (SSSR count). The summed E-state index contributed by atoms with van der Waals surface area (Å²) in [4.78, 5) is 11.1. The Morgan fingerprint density at radius 1 is 1.50 bits per heavy atom. The predicted octanol–water partition coefficient (Wildman–Crippen LogP) is 2.46. The topological polar surface area (TPSA) is 26.3 Å². The summed E-state index contributed by atoms with van der Waals surface area (Å²) in [5.74, 6) is -0.227. The number of carbonyl (C=O) groups is 1. The Morgan fingerprint density at radius 3 is 2.58 bits per heavy atom. The van der Waals surface area contributed by atoms with Crippen molar-refractivity contribution in [2.24, 2.45) is 0 Å². The van der Waals surface area contributed by atoms with Gasteiger partial charge in [-0.2, -0.15) is 0 Å². The van der Waals surface area contributed by atoms with Crippen LogP contribution in [-0.4, -0.2) is 13.1 Å². The maximum atomic E-state index is 11.1. The van der Waals surface area contributed by atoms with Crippen molar-refractivity contribution < 1.29 is 9.53 Å². The normalized spacial score (nSPS) is 12.1. The van der Waals surface area contributed by atoms with Crippen LogP contribution >= 0.6 is 0 Å². The molecule has 0 atom stereocenters. The number of hydrogen-bond donors (Lipinski definition) is 0. The molecule has 0 unspecified atom stereocenters. The first-order valence-electron chi connectivity index (χ1n) is 4.16. The van der Waals surface area contributed by atoms with Crippen LogP contribution in [0.3, 0.4) is 0 Å². The molecule has 0 aliphatic heterocycles. The van der Waals surface area contributed by atoms with Crippen molar-refractivity contribution in [3.05, 3.63) is 23.8 Å². The highest BCUT2D eigenvalue weighted by atomic mass is 16.5. The number of rotatable bonds is 4. The van der Waals surface area contributed by atoms with Crippen molar-refractivity contribution >= 4 is 5.97 Å². The summed E-state index contributed by atoms with van der Waals surface area (Å²) < 4.78 is 4.62. The van der Waals surface area contributed by atoms with E-state index in [-0.39, 0.29) is 5.97 Å². The van der Waals surface area contributed by atoms with Crippen LogP contribution in [0.1, 0.15) is 26.7 Å². The van der Waals surface area contributed by atoms with Crippen molar-refractivity contribution in [2.75, 3.05) is 7.11 Å². The molecule has 0 N–H and O–H groups in total. The second-order valence-electron chi connectivity index (χ2n) is 2.46. The Balaban J connectivity index is 4.31. The molecule has 0 radical (unpaired) electrons. The molecule has 0 aromatic heterocycles. The molecule has 0 aromatic carbocycles. The number of methoxy groups -OCH3 is 1. The fourth-order valence-electron chi connectivity index (χ4n) is 0.866. The smallest absolute Gasteiger partial charge is 0.333 e. The van der Waals surface area contributed by atoms with Gasteiger partial charge in [0.1, 0.15) is 0 Å². The predicted molar refractivity (Wildman–Crippen MR) is 49.8 cm³/mol.